The number of carbonyl (C=O) groups is 1. The Morgan fingerprint density at radius 3 is 2.50 bits per heavy atom. The van der Waals surface area contributed by atoms with Crippen LogP contribution in [0.2, 0.25) is 5.02 Å². The number of halogens is 1. The van der Waals surface area contributed by atoms with Gasteiger partial charge in [0.1, 0.15) is 12.4 Å². The molecule has 128 valence electrons. The van der Waals surface area contributed by atoms with Gasteiger partial charge in [-0.3, -0.25) is 0 Å². The molecule has 0 aliphatic heterocycles. The molecule has 0 bridgehead atoms. The third kappa shape index (κ3) is 4.27. The van der Waals surface area contributed by atoms with Gasteiger partial charge in [0.15, 0.2) is 9.84 Å². The zero-order chi connectivity index (χ0) is 17.9. The molecule has 0 atom stereocenters. The van der Waals surface area contributed by atoms with E-state index in [2.05, 4.69) is 0 Å². The van der Waals surface area contributed by atoms with Gasteiger partial charge >= 0.3 is 5.97 Å². The zero-order valence-electron chi connectivity index (χ0n) is 13.5. The van der Waals surface area contributed by atoms with Gasteiger partial charge in [-0.2, -0.15) is 0 Å². The Hall–Kier alpha value is -2.05. The maximum atomic E-state index is 12.3. The van der Waals surface area contributed by atoms with E-state index in [0.29, 0.717) is 11.3 Å². The van der Waals surface area contributed by atoms with Gasteiger partial charge in [-0.15, -0.1) is 0 Å². The first kappa shape index (κ1) is 18.3. The molecule has 0 N–H and O–H groups in total. The Morgan fingerprint density at radius 2 is 1.88 bits per heavy atom. The predicted molar refractivity (Wildman–Crippen MR) is 91.4 cm³/mol. The van der Waals surface area contributed by atoms with E-state index >= 15 is 0 Å². The predicted octanol–water partition coefficient (Wildman–Crippen LogP) is 3.42. The minimum atomic E-state index is -3.45. The van der Waals surface area contributed by atoms with Crippen molar-refractivity contribution in [2.24, 2.45) is 0 Å². The van der Waals surface area contributed by atoms with E-state index in [-0.39, 0.29) is 22.1 Å². The van der Waals surface area contributed by atoms with Crippen LogP contribution in [0.25, 0.3) is 0 Å². The number of rotatable bonds is 5. The number of carbonyl (C=O) groups excluding carboxylic acids is 1. The Bertz CT molecular complexity index is 875. The van der Waals surface area contributed by atoms with Crippen LogP contribution in [-0.2, 0) is 21.2 Å². The molecule has 0 amide bonds. The molecule has 5 nitrogen and oxygen atoms in total. The van der Waals surface area contributed by atoms with E-state index in [0.717, 1.165) is 11.8 Å². The van der Waals surface area contributed by atoms with Gasteiger partial charge < -0.3 is 9.47 Å². The van der Waals surface area contributed by atoms with Crippen molar-refractivity contribution < 1.29 is 22.7 Å². The quantitative estimate of drug-likeness (QED) is 0.756. The third-order valence-corrected chi connectivity index (χ3v) is 4.82. The number of methoxy groups -OCH3 is 1. The molecule has 0 saturated carbocycles. The number of benzene rings is 2. The topological polar surface area (TPSA) is 69.7 Å². The van der Waals surface area contributed by atoms with Crippen molar-refractivity contribution in [2.45, 2.75) is 18.4 Å². The molecule has 24 heavy (non-hydrogen) atoms. The number of ether oxygens (including phenoxy) is 2. The standard InChI is InChI=1S/C17H17ClO5S/c1-11-4-7-16(22-2)12(8-11)10-23-17(19)14-9-13(24(3,20)21)5-6-15(14)18/h4-9H,10H2,1-3H3. The summed E-state index contributed by atoms with van der Waals surface area (Å²) in [4.78, 5) is 12.3. The first-order valence-corrected chi connectivity index (χ1v) is 9.29. The van der Waals surface area contributed by atoms with Gasteiger partial charge in [0.05, 0.1) is 22.6 Å². The SMILES string of the molecule is COc1ccc(C)cc1COC(=O)c1cc(S(C)(=O)=O)ccc1Cl. The van der Waals surface area contributed by atoms with Crippen LogP contribution in [0.5, 0.6) is 5.75 Å². The summed E-state index contributed by atoms with van der Waals surface area (Å²) in [6.07, 6.45) is 1.06. The van der Waals surface area contributed by atoms with E-state index in [4.69, 9.17) is 21.1 Å². The summed E-state index contributed by atoms with van der Waals surface area (Å²) in [6.45, 7) is 1.90. The average molecular weight is 369 g/mol. The molecule has 0 aliphatic rings. The summed E-state index contributed by atoms with van der Waals surface area (Å²) in [5.41, 5.74) is 1.71. The first-order chi connectivity index (χ1) is 11.2. The Morgan fingerprint density at radius 1 is 1.17 bits per heavy atom. The van der Waals surface area contributed by atoms with Crippen LogP contribution >= 0.6 is 11.6 Å². The summed E-state index contributed by atoms with van der Waals surface area (Å²) in [7, 11) is -1.92. The summed E-state index contributed by atoms with van der Waals surface area (Å²) in [5.74, 6) is -0.0987. The molecule has 0 heterocycles. The van der Waals surface area contributed by atoms with Crippen molar-refractivity contribution >= 4 is 27.4 Å². The minimum Gasteiger partial charge on any atom is -0.496 e. The normalized spacial score (nSPS) is 11.2. The Labute approximate surface area is 146 Å². The number of hydrogen-bond acceptors (Lipinski definition) is 5. The lowest BCUT2D eigenvalue weighted by atomic mass is 10.1. The van der Waals surface area contributed by atoms with Gasteiger partial charge in [-0.05, 0) is 37.3 Å². The first-order valence-electron chi connectivity index (χ1n) is 7.02. The van der Waals surface area contributed by atoms with E-state index < -0.39 is 15.8 Å². The van der Waals surface area contributed by atoms with Crippen LogP contribution in [0.4, 0.5) is 0 Å². The monoisotopic (exact) mass is 368 g/mol. The number of sulfone groups is 1. The van der Waals surface area contributed by atoms with Gasteiger partial charge in [0.25, 0.3) is 0 Å². The molecule has 0 aliphatic carbocycles. The Kier molecular flexibility index (Phi) is 5.51. The van der Waals surface area contributed by atoms with E-state index in [1.54, 1.807) is 6.07 Å². The largest absolute Gasteiger partial charge is 0.496 e. The Balaban J connectivity index is 2.24. The number of aryl methyl sites for hydroxylation is 1. The zero-order valence-corrected chi connectivity index (χ0v) is 15.1. The number of esters is 1. The van der Waals surface area contributed by atoms with Crippen LogP contribution in [0, 0.1) is 6.92 Å². The van der Waals surface area contributed by atoms with Gasteiger partial charge in [-0.25, -0.2) is 13.2 Å². The second kappa shape index (κ2) is 7.23. The van der Waals surface area contributed by atoms with Gasteiger partial charge in [0, 0.05) is 11.8 Å². The van der Waals surface area contributed by atoms with Crippen molar-refractivity contribution in [1.29, 1.82) is 0 Å². The average Bonchev–Trinajstić information content (AvgIpc) is 2.52. The summed E-state index contributed by atoms with van der Waals surface area (Å²) in [6, 6.07) is 9.44. The lowest BCUT2D eigenvalue weighted by molar-refractivity contribution is 0.0470. The van der Waals surface area contributed by atoms with E-state index in [1.165, 1.54) is 25.3 Å². The van der Waals surface area contributed by atoms with E-state index in [1.807, 2.05) is 19.1 Å². The van der Waals surface area contributed by atoms with Crippen LogP contribution < -0.4 is 4.74 Å². The smallest absolute Gasteiger partial charge is 0.340 e. The van der Waals surface area contributed by atoms with Gasteiger partial charge in [-0.1, -0.05) is 23.2 Å². The molecule has 0 spiro atoms. The van der Waals surface area contributed by atoms with Crippen molar-refractivity contribution in [1.82, 2.24) is 0 Å². The van der Waals surface area contributed by atoms with Crippen molar-refractivity contribution in [3.8, 4) is 5.75 Å². The highest BCUT2D eigenvalue weighted by atomic mass is 35.5. The second-order valence-corrected chi connectivity index (χ2v) is 7.73. The van der Waals surface area contributed by atoms with Gasteiger partial charge in [0.2, 0.25) is 0 Å². The molecule has 0 fully saturated rings. The van der Waals surface area contributed by atoms with Crippen LogP contribution in [0.1, 0.15) is 21.5 Å². The fourth-order valence-corrected chi connectivity index (χ4v) is 2.97. The highest BCUT2D eigenvalue weighted by Gasteiger charge is 2.17. The van der Waals surface area contributed by atoms with Crippen LogP contribution in [-0.4, -0.2) is 27.8 Å². The molecule has 0 aromatic heterocycles. The van der Waals surface area contributed by atoms with Crippen LogP contribution in [0.3, 0.4) is 0 Å². The fourth-order valence-electron chi connectivity index (χ4n) is 2.13. The molecule has 0 radical (unpaired) electrons. The summed E-state index contributed by atoms with van der Waals surface area (Å²) >= 11 is 5.99. The molecule has 2 aromatic carbocycles. The third-order valence-electron chi connectivity index (χ3n) is 3.38. The lowest BCUT2D eigenvalue weighted by Crippen LogP contribution is -2.08. The molecular formula is C17H17ClO5S. The molecule has 2 aromatic rings. The summed E-state index contributed by atoms with van der Waals surface area (Å²) < 4.78 is 33.7. The molecule has 0 saturated heterocycles. The maximum Gasteiger partial charge on any atom is 0.340 e. The molecule has 0 unspecified atom stereocenters. The highest BCUT2D eigenvalue weighted by molar-refractivity contribution is 7.90. The second-order valence-electron chi connectivity index (χ2n) is 5.31. The van der Waals surface area contributed by atoms with Crippen LogP contribution in [0.15, 0.2) is 41.3 Å². The molecular weight excluding hydrogens is 352 g/mol. The lowest BCUT2D eigenvalue weighted by Gasteiger charge is -2.11. The van der Waals surface area contributed by atoms with Crippen molar-refractivity contribution in [3.63, 3.8) is 0 Å². The van der Waals surface area contributed by atoms with E-state index in [9.17, 15) is 13.2 Å². The van der Waals surface area contributed by atoms with Crippen molar-refractivity contribution in [2.75, 3.05) is 13.4 Å². The highest BCUT2D eigenvalue weighted by Crippen LogP contribution is 2.24. The molecule has 2 rings (SSSR count). The van der Waals surface area contributed by atoms with Crippen molar-refractivity contribution in [3.05, 3.63) is 58.1 Å². The minimum absolute atomic E-state index is 0.00575. The maximum absolute atomic E-state index is 12.3. The fraction of sp³-hybridized carbons (Fsp3) is 0.235. The molecule has 7 heteroatoms. The number of hydrogen-bond donors (Lipinski definition) is 0. The summed E-state index contributed by atoms with van der Waals surface area (Å²) in [5, 5.41) is 0.128.